The molecule has 1 aliphatic rings. The lowest BCUT2D eigenvalue weighted by Gasteiger charge is -2.25. The van der Waals surface area contributed by atoms with Crippen LogP contribution in [0.1, 0.15) is 59.8 Å². The Morgan fingerprint density at radius 1 is 1.26 bits per heavy atom. The van der Waals surface area contributed by atoms with E-state index in [-0.39, 0.29) is 35.9 Å². The number of carbonyl (C=O) groups excluding carboxylic acids is 1. The average Bonchev–Trinajstić information content (AvgIpc) is 3.04. The normalized spacial score (nSPS) is 18.9. The van der Waals surface area contributed by atoms with Gasteiger partial charge in [-0.2, -0.15) is 0 Å². The second-order valence-corrected chi connectivity index (χ2v) is 8.06. The maximum atomic E-state index is 12.2. The third kappa shape index (κ3) is 10.5. The van der Waals surface area contributed by atoms with Crippen LogP contribution < -0.4 is 10.6 Å². The molecule has 1 saturated heterocycles. The zero-order chi connectivity index (χ0) is 19.5. The van der Waals surface area contributed by atoms with Gasteiger partial charge in [0.15, 0.2) is 5.96 Å². The Balaban J connectivity index is 0.00000676. The molecule has 2 N–H and O–H groups in total. The molecule has 27 heavy (non-hydrogen) atoms. The second kappa shape index (κ2) is 14.4. The van der Waals surface area contributed by atoms with Gasteiger partial charge in [0.05, 0.1) is 6.04 Å². The number of halogens is 1. The maximum absolute atomic E-state index is 12.2. The van der Waals surface area contributed by atoms with E-state index < -0.39 is 0 Å². The SMILES string of the molecule is CCNC(=NCCCN1CCCC1C(=O)N(C)C)NC(C)CCC(C)C.I. The minimum absolute atomic E-state index is 0. The fourth-order valence-corrected chi connectivity index (χ4v) is 3.35. The lowest BCUT2D eigenvalue weighted by Crippen LogP contribution is -2.43. The number of guanidine groups is 1. The molecule has 0 aromatic carbocycles. The van der Waals surface area contributed by atoms with E-state index in [1.165, 1.54) is 6.42 Å². The van der Waals surface area contributed by atoms with Crippen LogP contribution in [0.15, 0.2) is 4.99 Å². The Morgan fingerprint density at radius 2 is 1.96 bits per heavy atom. The molecule has 160 valence electrons. The first-order valence-corrected chi connectivity index (χ1v) is 10.3. The molecule has 0 bridgehead atoms. The van der Waals surface area contributed by atoms with Crippen LogP contribution in [0.5, 0.6) is 0 Å². The first kappa shape index (κ1) is 26.4. The Hall–Kier alpha value is -0.570. The number of amides is 1. The van der Waals surface area contributed by atoms with E-state index in [2.05, 4.69) is 43.2 Å². The predicted octanol–water partition coefficient (Wildman–Crippen LogP) is 2.93. The molecule has 0 saturated carbocycles. The highest BCUT2D eigenvalue weighted by Gasteiger charge is 2.30. The molecule has 0 aliphatic carbocycles. The number of hydrogen-bond donors (Lipinski definition) is 2. The van der Waals surface area contributed by atoms with Crippen LogP contribution >= 0.6 is 24.0 Å². The summed E-state index contributed by atoms with van der Waals surface area (Å²) >= 11 is 0. The fourth-order valence-electron chi connectivity index (χ4n) is 3.35. The van der Waals surface area contributed by atoms with Gasteiger partial charge in [0.25, 0.3) is 0 Å². The molecule has 7 heteroatoms. The van der Waals surface area contributed by atoms with Crippen molar-refractivity contribution in [2.24, 2.45) is 10.9 Å². The first-order chi connectivity index (χ1) is 12.3. The maximum Gasteiger partial charge on any atom is 0.239 e. The van der Waals surface area contributed by atoms with Gasteiger partial charge in [-0.25, -0.2) is 0 Å². The van der Waals surface area contributed by atoms with Crippen molar-refractivity contribution in [1.82, 2.24) is 20.4 Å². The number of rotatable bonds is 10. The summed E-state index contributed by atoms with van der Waals surface area (Å²) in [6.07, 6.45) is 5.46. The van der Waals surface area contributed by atoms with Crippen molar-refractivity contribution in [2.45, 2.75) is 71.9 Å². The van der Waals surface area contributed by atoms with Gasteiger partial charge >= 0.3 is 0 Å². The van der Waals surface area contributed by atoms with Crippen molar-refractivity contribution in [2.75, 3.05) is 40.3 Å². The molecule has 1 aliphatic heterocycles. The van der Waals surface area contributed by atoms with Crippen molar-refractivity contribution >= 4 is 35.8 Å². The smallest absolute Gasteiger partial charge is 0.239 e. The second-order valence-electron chi connectivity index (χ2n) is 8.06. The molecule has 1 rings (SSSR count). The fraction of sp³-hybridized carbons (Fsp3) is 0.900. The third-order valence-corrected chi connectivity index (χ3v) is 4.87. The van der Waals surface area contributed by atoms with Crippen LogP contribution in [-0.4, -0.2) is 74.0 Å². The van der Waals surface area contributed by atoms with E-state index in [9.17, 15) is 4.79 Å². The molecule has 2 atom stereocenters. The number of hydrogen-bond acceptors (Lipinski definition) is 3. The summed E-state index contributed by atoms with van der Waals surface area (Å²) in [6.45, 7) is 12.5. The zero-order valence-electron chi connectivity index (χ0n) is 18.3. The number of likely N-dealkylation sites (N-methyl/N-ethyl adjacent to an activating group) is 1. The number of aliphatic imine (C=N–C) groups is 1. The number of carbonyl (C=O) groups is 1. The molecule has 0 spiro atoms. The van der Waals surface area contributed by atoms with Gasteiger partial charge in [-0.3, -0.25) is 14.7 Å². The van der Waals surface area contributed by atoms with Gasteiger partial charge in [-0.15, -0.1) is 24.0 Å². The number of likely N-dealkylation sites (tertiary alicyclic amines) is 1. The molecule has 0 aromatic heterocycles. The lowest BCUT2D eigenvalue weighted by atomic mass is 10.0. The monoisotopic (exact) mass is 495 g/mol. The van der Waals surface area contributed by atoms with Crippen LogP contribution in [0, 0.1) is 5.92 Å². The highest BCUT2D eigenvalue weighted by atomic mass is 127. The van der Waals surface area contributed by atoms with E-state index in [4.69, 9.17) is 4.99 Å². The van der Waals surface area contributed by atoms with Crippen LogP contribution in [0.25, 0.3) is 0 Å². The van der Waals surface area contributed by atoms with Gasteiger partial charge in [-0.1, -0.05) is 13.8 Å². The lowest BCUT2D eigenvalue weighted by molar-refractivity contribution is -0.133. The van der Waals surface area contributed by atoms with Gasteiger partial charge < -0.3 is 15.5 Å². The summed E-state index contributed by atoms with van der Waals surface area (Å²) in [5.41, 5.74) is 0. The van der Waals surface area contributed by atoms with Crippen molar-refractivity contribution in [3.63, 3.8) is 0 Å². The van der Waals surface area contributed by atoms with Crippen molar-refractivity contribution in [3.05, 3.63) is 0 Å². The average molecular weight is 495 g/mol. The Labute approximate surface area is 183 Å². The summed E-state index contributed by atoms with van der Waals surface area (Å²) in [5.74, 6) is 1.88. The summed E-state index contributed by atoms with van der Waals surface area (Å²) in [6, 6.07) is 0.493. The summed E-state index contributed by atoms with van der Waals surface area (Å²) in [4.78, 5) is 21.0. The van der Waals surface area contributed by atoms with Gasteiger partial charge in [-0.05, 0) is 58.4 Å². The quantitative estimate of drug-likeness (QED) is 0.212. The van der Waals surface area contributed by atoms with E-state index in [0.717, 1.165) is 63.7 Å². The Kier molecular flexibility index (Phi) is 14.1. The molecule has 0 radical (unpaired) electrons. The molecule has 1 heterocycles. The van der Waals surface area contributed by atoms with Crippen molar-refractivity contribution in [3.8, 4) is 0 Å². The first-order valence-electron chi connectivity index (χ1n) is 10.3. The molecular formula is C20H42IN5O. The highest BCUT2D eigenvalue weighted by Crippen LogP contribution is 2.18. The van der Waals surface area contributed by atoms with Gasteiger partial charge in [0, 0.05) is 39.8 Å². The van der Waals surface area contributed by atoms with E-state index in [1.807, 2.05) is 14.1 Å². The van der Waals surface area contributed by atoms with Crippen LogP contribution in [0.4, 0.5) is 0 Å². The van der Waals surface area contributed by atoms with Crippen LogP contribution in [-0.2, 0) is 4.79 Å². The molecule has 2 unspecified atom stereocenters. The topological polar surface area (TPSA) is 60.0 Å². The van der Waals surface area contributed by atoms with Crippen molar-refractivity contribution in [1.29, 1.82) is 0 Å². The third-order valence-electron chi connectivity index (χ3n) is 4.87. The summed E-state index contributed by atoms with van der Waals surface area (Å²) < 4.78 is 0. The molecule has 0 aromatic rings. The molecule has 1 amide bonds. The van der Waals surface area contributed by atoms with Gasteiger partial charge in [0.1, 0.15) is 0 Å². The largest absolute Gasteiger partial charge is 0.357 e. The predicted molar refractivity (Wildman–Crippen MR) is 126 cm³/mol. The molecular weight excluding hydrogens is 453 g/mol. The Morgan fingerprint density at radius 3 is 2.56 bits per heavy atom. The van der Waals surface area contributed by atoms with Gasteiger partial charge in [0.2, 0.25) is 5.91 Å². The highest BCUT2D eigenvalue weighted by molar-refractivity contribution is 14.0. The standard InChI is InChI=1S/C20H41N5O.HI/c1-7-21-20(23-17(4)12-11-16(2)3)22-13-9-15-25-14-8-10-18(25)19(26)24(5)6;/h16-18H,7-15H2,1-6H3,(H2,21,22,23);1H. The van der Waals surface area contributed by atoms with Crippen molar-refractivity contribution < 1.29 is 4.79 Å². The van der Waals surface area contributed by atoms with Crippen LogP contribution in [0.3, 0.4) is 0 Å². The summed E-state index contributed by atoms with van der Waals surface area (Å²) in [7, 11) is 3.69. The number of nitrogens with one attached hydrogen (secondary N) is 2. The molecule has 1 fully saturated rings. The van der Waals surface area contributed by atoms with Crippen LogP contribution in [0.2, 0.25) is 0 Å². The zero-order valence-corrected chi connectivity index (χ0v) is 20.6. The summed E-state index contributed by atoms with van der Waals surface area (Å²) in [5, 5.41) is 6.84. The van der Waals surface area contributed by atoms with E-state index in [1.54, 1.807) is 4.90 Å². The van der Waals surface area contributed by atoms with E-state index >= 15 is 0 Å². The molecule has 6 nitrogen and oxygen atoms in total. The minimum Gasteiger partial charge on any atom is -0.357 e. The Bertz CT molecular complexity index is 442. The minimum atomic E-state index is 0. The number of nitrogens with zero attached hydrogens (tertiary/aromatic N) is 3. The van der Waals surface area contributed by atoms with E-state index in [0.29, 0.717) is 6.04 Å².